The normalized spacial score (nSPS) is 10.5. The van der Waals surface area contributed by atoms with Crippen molar-refractivity contribution in [3.63, 3.8) is 0 Å². The SMILES string of the molecule is CCn1cnc(-c2cccc(Nc3cc(Cl)nnc3C=O)c2OC)n1. The Morgan fingerprint density at radius 3 is 2.84 bits per heavy atom. The summed E-state index contributed by atoms with van der Waals surface area (Å²) in [6.45, 7) is 2.70. The van der Waals surface area contributed by atoms with Crippen LogP contribution in [0.25, 0.3) is 11.4 Å². The molecule has 0 spiro atoms. The maximum absolute atomic E-state index is 11.2. The Balaban J connectivity index is 2.04. The molecule has 2 heterocycles. The summed E-state index contributed by atoms with van der Waals surface area (Å²) in [6.07, 6.45) is 2.26. The van der Waals surface area contributed by atoms with Crippen molar-refractivity contribution >= 4 is 29.3 Å². The summed E-state index contributed by atoms with van der Waals surface area (Å²) in [7, 11) is 1.55. The van der Waals surface area contributed by atoms with Crippen LogP contribution in [0.4, 0.5) is 11.4 Å². The van der Waals surface area contributed by atoms with Crippen LogP contribution in [-0.2, 0) is 6.54 Å². The summed E-state index contributed by atoms with van der Waals surface area (Å²) < 4.78 is 7.27. The van der Waals surface area contributed by atoms with Crippen molar-refractivity contribution in [2.24, 2.45) is 0 Å². The van der Waals surface area contributed by atoms with Gasteiger partial charge >= 0.3 is 0 Å². The van der Waals surface area contributed by atoms with Gasteiger partial charge in [-0.2, -0.15) is 5.10 Å². The molecule has 128 valence electrons. The average molecular weight is 359 g/mol. The number of aryl methyl sites for hydroxylation is 1. The largest absolute Gasteiger partial charge is 0.494 e. The van der Waals surface area contributed by atoms with Gasteiger partial charge in [-0.25, -0.2) is 4.98 Å². The molecule has 0 saturated heterocycles. The summed E-state index contributed by atoms with van der Waals surface area (Å²) >= 11 is 5.88. The summed E-state index contributed by atoms with van der Waals surface area (Å²) in [5, 5.41) is 15.1. The van der Waals surface area contributed by atoms with E-state index in [9.17, 15) is 4.79 Å². The minimum Gasteiger partial charge on any atom is -0.494 e. The van der Waals surface area contributed by atoms with Gasteiger partial charge in [-0.15, -0.1) is 10.2 Å². The molecule has 9 heteroatoms. The molecule has 0 amide bonds. The van der Waals surface area contributed by atoms with Crippen molar-refractivity contribution < 1.29 is 9.53 Å². The van der Waals surface area contributed by atoms with E-state index in [1.165, 1.54) is 6.07 Å². The third-order valence-corrected chi connectivity index (χ3v) is 3.68. The summed E-state index contributed by atoms with van der Waals surface area (Å²) in [5.74, 6) is 1.09. The zero-order valence-corrected chi connectivity index (χ0v) is 14.4. The van der Waals surface area contributed by atoms with Crippen LogP contribution in [-0.4, -0.2) is 38.4 Å². The van der Waals surface area contributed by atoms with E-state index >= 15 is 0 Å². The molecule has 0 fully saturated rings. The third-order valence-electron chi connectivity index (χ3n) is 3.49. The van der Waals surface area contributed by atoms with Crippen molar-refractivity contribution in [2.45, 2.75) is 13.5 Å². The van der Waals surface area contributed by atoms with Gasteiger partial charge in [-0.3, -0.25) is 9.48 Å². The molecule has 3 aromatic rings. The van der Waals surface area contributed by atoms with Crippen molar-refractivity contribution in [3.05, 3.63) is 41.4 Å². The fourth-order valence-electron chi connectivity index (χ4n) is 2.31. The molecular weight excluding hydrogens is 344 g/mol. The topological polar surface area (TPSA) is 94.8 Å². The van der Waals surface area contributed by atoms with Crippen LogP contribution in [0, 0.1) is 0 Å². The number of rotatable bonds is 6. The Hall–Kier alpha value is -3.00. The highest BCUT2D eigenvalue weighted by Crippen LogP contribution is 2.36. The molecule has 1 N–H and O–H groups in total. The quantitative estimate of drug-likeness (QED) is 0.677. The average Bonchev–Trinajstić information content (AvgIpc) is 3.11. The Labute approximate surface area is 148 Å². The van der Waals surface area contributed by atoms with Crippen molar-refractivity contribution in [2.75, 3.05) is 12.4 Å². The predicted octanol–water partition coefficient (Wildman–Crippen LogP) is 2.97. The highest BCUT2D eigenvalue weighted by molar-refractivity contribution is 6.29. The minimum atomic E-state index is 0.144. The molecule has 1 aromatic carbocycles. The van der Waals surface area contributed by atoms with E-state index in [0.29, 0.717) is 29.2 Å². The number of hydrogen-bond acceptors (Lipinski definition) is 7. The molecule has 0 bridgehead atoms. The van der Waals surface area contributed by atoms with Crippen LogP contribution in [0.2, 0.25) is 5.15 Å². The fourth-order valence-corrected chi connectivity index (χ4v) is 2.46. The predicted molar refractivity (Wildman–Crippen MR) is 93.4 cm³/mol. The second kappa shape index (κ2) is 7.27. The van der Waals surface area contributed by atoms with Gasteiger partial charge in [0.2, 0.25) is 0 Å². The molecule has 3 rings (SSSR count). The molecule has 0 saturated carbocycles. The maximum atomic E-state index is 11.2. The lowest BCUT2D eigenvalue weighted by atomic mass is 10.1. The molecule has 8 nitrogen and oxygen atoms in total. The number of ether oxygens (including phenoxy) is 1. The van der Waals surface area contributed by atoms with E-state index < -0.39 is 0 Å². The first kappa shape index (κ1) is 16.8. The van der Waals surface area contributed by atoms with Gasteiger partial charge in [0.25, 0.3) is 0 Å². The van der Waals surface area contributed by atoms with Crippen LogP contribution in [0.1, 0.15) is 17.4 Å². The maximum Gasteiger partial charge on any atom is 0.184 e. The number of nitrogens with zero attached hydrogens (tertiary/aromatic N) is 5. The molecule has 0 atom stereocenters. The Bertz CT molecular complexity index is 911. The van der Waals surface area contributed by atoms with Gasteiger partial charge < -0.3 is 10.1 Å². The number of nitrogens with one attached hydrogen (secondary N) is 1. The Morgan fingerprint density at radius 2 is 2.16 bits per heavy atom. The number of methoxy groups -OCH3 is 1. The van der Waals surface area contributed by atoms with Gasteiger partial charge in [-0.1, -0.05) is 17.7 Å². The van der Waals surface area contributed by atoms with E-state index in [-0.39, 0.29) is 10.8 Å². The van der Waals surface area contributed by atoms with Crippen molar-refractivity contribution in [1.82, 2.24) is 25.0 Å². The number of benzene rings is 1. The van der Waals surface area contributed by atoms with Crippen LogP contribution >= 0.6 is 11.6 Å². The van der Waals surface area contributed by atoms with E-state index in [1.54, 1.807) is 18.1 Å². The number of carbonyl (C=O) groups excluding carboxylic acids is 1. The lowest BCUT2D eigenvalue weighted by Crippen LogP contribution is -2.02. The van der Waals surface area contributed by atoms with Crippen LogP contribution in [0.15, 0.2) is 30.6 Å². The summed E-state index contributed by atoms with van der Waals surface area (Å²) in [5.41, 5.74) is 1.92. The fraction of sp³-hybridized carbons (Fsp3) is 0.188. The first-order chi connectivity index (χ1) is 12.2. The molecule has 0 radical (unpaired) electrons. The van der Waals surface area contributed by atoms with Crippen molar-refractivity contribution in [1.29, 1.82) is 0 Å². The molecule has 0 aliphatic rings. The number of anilines is 2. The van der Waals surface area contributed by atoms with E-state index in [2.05, 4.69) is 25.6 Å². The monoisotopic (exact) mass is 358 g/mol. The lowest BCUT2D eigenvalue weighted by molar-refractivity contribution is 0.111. The molecule has 0 unspecified atom stereocenters. The van der Waals surface area contributed by atoms with E-state index in [1.807, 2.05) is 25.1 Å². The number of aromatic nitrogens is 5. The van der Waals surface area contributed by atoms with E-state index in [0.717, 1.165) is 12.1 Å². The number of aldehydes is 1. The van der Waals surface area contributed by atoms with E-state index in [4.69, 9.17) is 16.3 Å². The smallest absolute Gasteiger partial charge is 0.184 e. The van der Waals surface area contributed by atoms with Gasteiger partial charge in [0.15, 0.2) is 23.0 Å². The van der Waals surface area contributed by atoms with Crippen molar-refractivity contribution in [3.8, 4) is 17.1 Å². The van der Waals surface area contributed by atoms with Gasteiger partial charge in [0.1, 0.15) is 12.0 Å². The van der Waals surface area contributed by atoms with Gasteiger partial charge in [0, 0.05) is 12.6 Å². The van der Waals surface area contributed by atoms with Crippen LogP contribution < -0.4 is 10.1 Å². The highest BCUT2D eigenvalue weighted by Gasteiger charge is 2.16. The first-order valence-corrected chi connectivity index (χ1v) is 7.86. The highest BCUT2D eigenvalue weighted by atomic mass is 35.5. The molecule has 0 aliphatic carbocycles. The Kier molecular flexibility index (Phi) is 4.90. The Morgan fingerprint density at radius 1 is 1.32 bits per heavy atom. The zero-order chi connectivity index (χ0) is 17.8. The molecular formula is C16H15ClN6O2. The number of carbonyl (C=O) groups is 1. The van der Waals surface area contributed by atoms with Gasteiger partial charge in [-0.05, 0) is 19.1 Å². The number of halogens is 1. The lowest BCUT2D eigenvalue weighted by Gasteiger charge is -2.14. The zero-order valence-electron chi connectivity index (χ0n) is 13.6. The third kappa shape index (κ3) is 3.43. The minimum absolute atomic E-state index is 0.144. The van der Waals surface area contributed by atoms with Gasteiger partial charge in [0.05, 0.1) is 24.0 Å². The van der Waals surface area contributed by atoms with Crippen LogP contribution in [0.3, 0.4) is 0 Å². The second-order valence-corrected chi connectivity index (χ2v) is 5.41. The second-order valence-electron chi connectivity index (χ2n) is 5.02. The molecule has 2 aromatic heterocycles. The molecule has 0 aliphatic heterocycles. The molecule has 25 heavy (non-hydrogen) atoms. The number of para-hydroxylation sites is 1. The number of hydrogen-bond donors (Lipinski definition) is 1. The summed E-state index contributed by atoms with van der Waals surface area (Å²) in [4.78, 5) is 15.5. The first-order valence-electron chi connectivity index (χ1n) is 7.48. The summed E-state index contributed by atoms with van der Waals surface area (Å²) in [6, 6.07) is 7.03. The van der Waals surface area contributed by atoms with Crippen LogP contribution in [0.5, 0.6) is 5.75 Å². The standard InChI is InChI=1S/C16H15ClN6O2/c1-3-23-9-18-16(22-23)10-5-4-6-11(15(10)25-2)19-12-7-14(17)21-20-13(12)8-24/h4-9H,3H2,1-2H3,(H,19,21).